The first-order chi connectivity index (χ1) is 35.8. The average molecular weight is 941 g/mol. The zero-order valence-electron chi connectivity index (χ0n) is 41.1. The highest BCUT2D eigenvalue weighted by Gasteiger charge is 2.61. The van der Waals surface area contributed by atoms with E-state index in [9.17, 15) is 0 Å². The van der Waals surface area contributed by atoms with E-state index in [0.29, 0.717) is 6.67 Å². The van der Waals surface area contributed by atoms with Gasteiger partial charge in [0.2, 0.25) is 0 Å². The lowest BCUT2D eigenvalue weighted by molar-refractivity contribution is 0.376. The van der Waals surface area contributed by atoms with Crippen LogP contribution < -0.4 is 14.5 Å². The van der Waals surface area contributed by atoms with Crippen molar-refractivity contribution in [3.05, 3.63) is 281 Å². The molecule has 0 N–H and O–H groups in total. The van der Waals surface area contributed by atoms with Crippen LogP contribution in [0.1, 0.15) is 88.6 Å². The number of anilines is 3. The fraction of sp³-hybridized carbons (Fsp3) is 0.132. The van der Waals surface area contributed by atoms with Gasteiger partial charge < -0.3 is 14.5 Å². The quantitative estimate of drug-likeness (QED) is 0.166. The van der Waals surface area contributed by atoms with Crippen LogP contribution in [0.3, 0.4) is 0 Å². The third-order valence-corrected chi connectivity index (χ3v) is 16.7. The topological polar surface area (TPSA) is 33.5 Å². The van der Waals surface area contributed by atoms with Gasteiger partial charge in [0.05, 0.1) is 29.1 Å². The van der Waals surface area contributed by atoms with E-state index in [-0.39, 0.29) is 23.2 Å². The second-order valence-corrected chi connectivity index (χ2v) is 21.4. The predicted molar refractivity (Wildman–Crippen MR) is 297 cm³/mol. The van der Waals surface area contributed by atoms with Crippen LogP contribution in [0.5, 0.6) is 11.5 Å². The Hall–Kier alpha value is -8.67. The molecule has 3 heterocycles. The molecule has 0 unspecified atom stereocenters. The lowest BCUT2D eigenvalue weighted by Crippen LogP contribution is -2.57. The molecule has 0 fully saturated rings. The molecule has 0 spiro atoms. The van der Waals surface area contributed by atoms with Crippen LogP contribution >= 0.6 is 0 Å². The van der Waals surface area contributed by atoms with E-state index >= 15 is 0 Å². The first kappa shape index (κ1) is 42.1. The fourth-order valence-corrected chi connectivity index (χ4v) is 13.6. The fourth-order valence-electron chi connectivity index (χ4n) is 13.6. The van der Waals surface area contributed by atoms with Crippen LogP contribution in [-0.4, -0.2) is 16.2 Å². The third kappa shape index (κ3) is 6.06. The summed E-state index contributed by atoms with van der Waals surface area (Å²) >= 11 is 0. The maximum atomic E-state index is 6.99. The lowest BCUT2D eigenvalue weighted by Gasteiger charge is -2.59. The summed E-state index contributed by atoms with van der Waals surface area (Å²) < 4.78 is 9.29. The molecule has 18 rings (SSSR count). The molecule has 0 amide bonds. The van der Waals surface area contributed by atoms with E-state index in [1.807, 2.05) is 6.20 Å². The minimum atomic E-state index is -0.586. The van der Waals surface area contributed by atoms with Crippen molar-refractivity contribution in [2.75, 3.05) is 16.5 Å². The maximum absolute atomic E-state index is 6.99. The summed E-state index contributed by atoms with van der Waals surface area (Å²) in [6, 6.07) is 83.5. The summed E-state index contributed by atoms with van der Waals surface area (Å²) in [4.78, 5) is 10.3. The van der Waals surface area contributed by atoms with Gasteiger partial charge in [0.25, 0.3) is 0 Å². The second kappa shape index (κ2) is 15.7. The Morgan fingerprint density at radius 1 is 0.479 bits per heavy atom. The molecule has 0 atom stereocenters. The minimum absolute atomic E-state index is 0.0175. The molecule has 2 aromatic heterocycles. The normalized spacial score (nSPS) is 19.0. The highest BCUT2D eigenvalue weighted by atomic mass is 16.5. The highest BCUT2D eigenvalue weighted by Crippen LogP contribution is 2.68. The van der Waals surface area contributed by atoms with Crippen LogP contribution in [0.2, 0.25) is 0 Å². The van der Waals surface area contributed by atoms with Crippen molar-refractivity contribution in [2.45, 2.75) is 49.5 Å². The molecular weight excluding hydrogens is 889 g/mol. The molecule has 11 aromatic rings. The molecule has 350 valence electrons. The van der Waals surface area contributed by atoms with Gasteiger partial charge in [-0.25, -0.2) is 4.98 Å². The average Bonchev–Trinajstić information content (AvgIpc) is 3.99. The van der Waals surface area contributed by atoms with Gasteiger partial charge in [-0.1, -0.05) is 172 Å². The van der Waals surface area contributed by atoms with Crippen LogP contribution in [0.15, 0.2) is 231 Å². The molecule has 0 saturated carbocycles. The largest absolute Gasteiger partial charge is 0.457 e. The Morgan fingerprint density at radius 3 is 1.81 bits per heavy atom. The zero-order chi connectivity index (χ0) is 48.6. The second-order valence-electron chi connectivity index (χ2n) is 21.4. The Morgan fingerprint density at radius 2 is 1.10 bits per heavy atom. The van der Waals surface area contributed by atoms with Gasteiger partial charge in [0, 0.05) is 52.5 Å². The molecule has 7 aliphatic rings. The summed E-state index contributed by atoms with van der Waals surface area (Å²) in [5.41, 5.74) is 20.0. The summed E-state index contributed by atoms with van der Waals surface area (Å²) in [6.45, 7) is 7.40. The number of rotatable bonds is 6. The van der Waals surface area contributed by atoms with Gasteiger partial charge in [-0.2, -0.15) is 0 Å². The Balaban J connectivity index is 0.864. The number of ether oxygens (including phenoxy) is 1. The van der Waals surface area contributed by atoms with Crippen molar-refractivity contribution >= 4 is 38.9 Å². The molecular formula is C68H52N4O. The van der Waals surface area contributed by atoms with Crippen LogP contribution in [-0.2, 0) is 11.0 Å². The van der Waals surface area contributed by atoms with Crippen molar-refractivity contribution < 1.29 is 4.74 Å². The first-order valence-electron chi connectivity index (χ1n) is 25.7. The van der Waals surface area contributed by atoms with Crippen molar-refractivity contribution in [3.63, 3.8) is 0 Å². The number of benzene rings is 9. The first-order valence-corrected chi connectivity index (χ1v) is 25.7. The number of nitrogens with zero attached hydrogens (tertiary/aromatic N) is 4. The van der Waals surface area contributed by atoms with E-state index in [4.69, 9.17) is 9.72 Å². The molecule has 1 aliphatic heterocycles. The molecule has 73 heavy (non-hydrogen) atoms. The minimum Gasteiger partial charge on any atom is -0.457 e. The van der Waals surface area contributed by atoms with E-state index in [0.717, 1.165) is 39.4 Å². The summed E-state index contributed by atoms with van der Waals surface area (Å²) in [6.07, 6.45) is 1.94. The van der Waals surface area contributed by atoms with Gasteiger partial charge in [0.1, 0.15) is 22.9 Å². The molecule has 0 saturated heterocycles. The summed E-state index contributed by atoms with van der Waals surface area (Å²) in [5.74, 6) is 2.82. The van der Waals surface area contributed by atoms with E-state index in [1.54, 1.807) is 0 Å². The zero-order valence-corrected chi connectivity index (χ0v) is 41.1. The molecule has 5 nitrogen and oxygen atoms in total. The molecule has 5 heteroatoms. The Kier molecular flexibility index (Phi) is 9.02. The van der Waals surface area contributed by atoms with Gasteiger partial charge in [-0.05, 0) is 127 Å². The van der Waals surface area contributed by atoms with Crippen LogP contribution in [0, 0.1) is 0 Å². The number of hydrogen-bond acceptors (Lipinski definition) is 4. The predicted octanol–water partition coefficient (Wildman–Crippen LogP) is 16.5. The molecule has 4 bridgehead atoms. The molecule has 6 aliphatic carbocycles. The van der Waals surface area contributed by atoms with E-state index in [2.05, 4.69) is 260 Å². The van der Waals surface area contributed by atoms with Gasteiger partial charge >= 0.3 is 0 Å². The van der Waals surface area contributed by atoms with Crippen molar-refractivity contribution in [3.8, 4) is 28.4 Å². The maximum Gasteiger partial charge on any atom is 0.137 e. The van der Waals surface area contributed by atoms with E-state index in [1.165, 1.54) is 78.0 Å². The number of aromatic nitrogens is 2. The van der Waals surface area contributed by atoms with Crippen molar-refractivity contribution in [1.82, 2.24) is 9.55 Å². The highest BCUT2D eigenvalue weighted by molar-refractivity contribution is 6.10. The van der Waals surface area contributed by atoms with Gasteiger partial charge in [-0.15, -0.1) is 0 Å². The third-order valence-electron chi connectivity index (χ3n) is 16.7. The molecule has 9 aromatic carbocycles. The lowest BCUT2D eigenvalue weighted by atomic mass is 9.49. The number of pyridine rings is 1. The van der Waals surface area contributed by atoms with Gasteiger partial charge in [-0.3, -0.25) is 4.57 Å². The van der Waals surface area contributed by atoms with Crippen molar-refractivity contribution in [2.24, 2.45) is 0 Å². The standard InChI is InChI=1S/C68H52N4O/c1-67(2,3)45-36-37-69-63(39-45)72-59-35-32-44(43-18-5-4-6-19-43)38-56(59)49-34-33-48(41-62(49)72)73-47-21-17-20-46(40-47)70-42-71(61-31-16-15-30-60(61)70)68-57-28-13-11-26-54(57)65(55-27-12-14-29-58(55)68)64-50-22-7-9-24-52(50)66(68)53-25-10-8-23-51(53)64/h4-41,64-66H,42H2,1-3H3. The smallest absolute Gasteiger partial charge is 0.137 e. The van der Waals surface area contributed by atoms with Crippen molar-refractivity contribution in [1.29, 1.82) is 0 Å². The Labute approximate surface area is 426 Å². The summed E-state index contributed by atoms with van der Waals surface area (Å²) in [7, 11) is 0. The van der Waals surface area contributed by atoms with Crippen LogP contribution in [0.4, 0.5) is 17.1 Å². The molecule has 0 radical (unpaired) electrons. The number of fused-ring (bicyclic) bond motifs is 4. The van der Waals surface area contributed by atoms with Crippen LogP contribution in [0.25, 0.3) is 38.8 Å². The summed E-state index contributed by atoms with van der Waals surface area (Å²) in [5, 5.41) is 2.32. The number of hydrogen-bond donors (Lipinski definition) is 0. The SMILES string of the molecule is CC(C)(C)c1ccnc(-n2c3ccc(-c4ccccc4)cc3c3ccc(Oc4cccc(N5CN(C67c8ccccc8C(c8ccccc86)C6c8ccccc8C7c7ccccc76)c6ccccc65)c4)cc32)c1. The van der Waals surface area contributed by atoms with Gasteiger partial charge in [0.15, 0.2) is 0 Å². The monoisotopic (exact) mass is 940 g/mol. The Bertz CT molecular complexity index is 3940. The number of para-hydroxylation sites is 2. The van der Waals surface area contributed by atoms with E-state index < -0.39 is 5.54 Å².